The third-order valence-electron chi connectivity index (χ3n) is 2.97. The minimum atomic E-state index is 0.151. The molecule has 4 nitrogen and oxygen atoms in total. The van der Waals surface area contributed by atoms with Gasteiger partial charge in [-0.1, -0.05) is 41.9 Å². The van der Waals surface area contributed by atoms with E-state index in [0.717, 1.165) is 5.56 Å². The van der Waals surface area contributed by atoms with Gasteiger partial charge < -0.3 is 5.11 Å². The standard InChI is InChI=1S/C16H12ClN3O/c17-13-7-3-1-5-11(13)9-10-15-18-16(20-19-15)12-6-2-4-8-14(12)21/h1-10,21H,(H,18,19,20)/b10-9-. The van der Waals surface area contributed by atoms with Crippen LogP contribution >= 0.6 is 11.6 Å². The third-order valence-corrected chi connectivity index (χ3v) is 3.32. The minimum absolute atomic E-state index is 0.151. The smallest absolute Gasteiger partial charge is 0.185 e. The summed E-state index contributed by atoms with van der Waals surface area (Å²) in [5.74, 6) is 1.19. The van der Waals surface area contributed by atoms with Gasteiger partial charge >= 0.3 is 0 Å². The third kappa shape index (κ3) is 2.95. The first-order valence-corrected chi connectivity index (χ1v) is 6.75. The summed E-state index contributed by atoms with van der Waals surface area (Å²) in [6.45, 7) is 0. The molecule has 0 atom stereocenters. The van der Waals surface area contributed by atoms with Crippen LogP contribution in [0.4, 0.5) is 0 Å². The van der Waals surface area contributed by atoms with Gasteiger partial charge in [0.25, 0.3) is 0 Å². The number of H-pyrrole nitrogens is 1. The Labute approximate surface area is 126 Å². The SMILES string of the molecule is Oc1ccccc1-c1n[nH]c(/C=C\c2ccccc2Cl)n1. The lowest BCUT2D eigenvalue weighted by molar-refractivity contribution is 0.477. The van der Waals surface area contributed by atoms with E-state index in [0.29, 0.717) is 22.2 Å². The number of para-hydroxylation sites is 1. The number of phenols is 1. The number of rotatable bonds is 3. The van der Waals surface area contributed by atoms with Crippen LogP contribution in [0.3, 0.4) is 0 Å². The van der Waals surface area contributed by atoms with Crippen molar-refractivity contribution in [2.75, 3.05) is 0 Å². The van der Waals surface area contributed by atoms with E-state index in [2.05, 4.69) is 15.2 Å². The number of nitrogens with zero attached hydrogens (tertiary/aromatic N) is 2. The van der Waals surface area contributed by atoms with Crippen LogP contribution in [0.25, 0.3) is 23.5 Å². The largest absolute Gasteiger partial charge is 0.507 e. The van der Waals surface area contributed by atoms with Crippen LogP contribution in [0.2, 0.25) is 5.02 Å². The minimum Gasteiger partial charge on any atom is -0.507 e. The monoisotopic (exact) mass is 297 g/mol. The fourth-order valence-corrected chi connectivity index (χ4v) is 2.11. The molecule has 0 fully saturated rings. The Morgan fingerprint density at radius 1 is 1.00 bits per heavy atom. The molecule has 1 heterocycles. The Morgan fingerprint density at radius 2 is 1.76 bits per heavy atom. The Balaban J connectivity index is 1.86. The van der Waals surface area contributed by atoms with Crippen LogP contribution in [0.15, 0.2) is 48.5 Å². The molecule has 0 saturated carbocycles. The first kappa shape index (κ1) is 13.4. The molecule has 0 saturated heterocycles. The number of hydrogen-bond donors (Lipinski definition) is 2. The summed E-state index contributed by atoms with van der Waals surface area (Å²) in [5, 5.41) is 17.4. The molecule has 3 rings (SSSR count). The number of halogens is 1. The molecule has 21 heavy (non-hydrogen) atoms. The van der Waals surface area contributed by atoms with Crippen molar-refractivity contribution in [3.63, 3.8) is 0 Å². The summed E-state index contributed by atoms with van der Waals surface area (Å²) in [6, 6.07) is 14.5. The van der Waals surface area contributed by atoms with Gasteiger partial charge in [0.1, 0.15) is 11.6 Å². The number of aromatic hydroxyl groups is 1. The summed E-state index contributed by atoms with van der Waals surface area (Å²) in [6.07, 6.45) is 3.65. The molecular formula is C16H12ClN3O. The maximum atomic E-state index is 9.79. The van der Waals surface area contributed by atoms with E-state index in [1.807, 2.05) is 36.4 Å². The van der Waals surface area contributed by atoms with Gasteiger partial charge in [-0.2, -0.15) is 5.10 Å². The zero-order valence-corrected chi connectivity index (χ0v) is 11.7. The van der Waals surface area contributed by atoms with Crippen LogP contribution in [0.1, 0.15) is 11.4 Å². The topological polar surface area (TPSA) is 61.8 Å². The van der Waals surface area contributed by atoms with Gasteiger partial charge in [-0.05, 0) is 35.9 Å². The van der Waals surface area contributed by atoms with Crippen LogP contribution in [-0.2, 0) is 0 Å². The average molecular weight is 298 g/mol. The first-order chi connectivity index (χ1) is 10.2. The van der Waals surface area contributed by atoms with E-state index in [1.165, 1.54) is 0 Å². The predicted molar refractivity (Wildman–Crippen MR) is 83.9 cm³/mol. The van der Waals surface area contributed by atoms with E-state index in [4.69, 9.17) is 11.6 Å². The van der Waals surface area contributed by atoms with Gasteiger partial charge in [-0.3, -0.25) is 5.10 Å². The van der Waals surface area contributed by atoms with E-state index in [-0.39, 0.29) is 5.75 Å². The molecule has 0 amide bonds. The van der Waals surface area contributed by atoms with Crippen molar-refractivity contribution in [1.82, 2.24) is 15.2 Å². The number of hydrogen-bond acceptors (Lipinski definition) is 3. The lowest BCUT2D eigenvalue weighted by atomic mass is 10.2. The number of aromatic nitrogens is 3. The molecule has 1 aromatic heterocycles. The van der Waals surface area contributed by atoms with Crippen molar-refractivity contribution in [2.45, 2.75) is 0 Å². The summed E-state index contributed by atoms with van der Waals surface area (Å²) >= 11 is 6.08. The zero-order valence-electron chi connectivity index (χ0n) is 11.0. The normalized spacial score (nSPS) is 11.1. The van der Waals surface area contributed by atoms with Crippen molar-refractivity contribution in [2.24, 2.45) is 0 Å². The molecular weight excluding hydrogens is 286 g/mol. The number of aromatic amines is 1. The van der Waals surface area contributed by atoms with Crippen LogP contribution < -0.4 is 0 Å². The van der Waals surface area contributed by atoms with Gasteiger partial charge in [0, 0.05) is 5.02 Å². The van der Waals surface area contributed by atoms with Crippen molar-refractivity contribution in [3.05, 3.63) is 64.9 Å². The van der Waals surface area contributed by atoms with E-state index >= 15 is 0 Å². The molecule has 0 aliphatic carbocycles. The second kappa shape index (κ2) is 5.81. The maximum Gasteiger partial charge on any atom is 0.185 e. The predicted octanol–water partition coefficient (Wildman–Crippen LogP) is 4.00. The Bertz CT molecular complexity index is 795. The van der Waals surface area contributed by atoms with E-state index < -0.39 is 0 Å². The average Bonchev–Trinajstić information content (AvgIpc) is 2.96. The Kier molecular flexibility index (Phi) is 3.71. The second-order valence-electron chi connectivity index (χ2n) is 4.42. The maximum absolute atomic E-state index is 9.79. The van der Waals surface area contributed by atoms with Gasteiger partial charge in [0.2, 0.25) is 0 Å². The van der Waals surface area contributed by atoms with Crippen molar-refractivity contribution in [1.29, 1.82) is 0 Å². The molecule has 2 aromatic carbocycles. The molecule has 0 aliphatic rings. The highest BCUT2D eigenvalue weighted by Crippen LogP contribution is 2.25. The van der Waals surface area contributed by atoms with Crippen LogP contribution in [-0.4, -0.2) is 20.3 Å². The lowest BCUT2D eigenvalue weighted by Gasteiger charge is -1.97. The number of nitrogens with one attached hydrogen (secondary N) is 1. The molecule has 104 valence electrons. The Morgan fingerprint density at radius 3 is 2.57 bits per heavy atom. The van der Waals surface area contributed by atoms with Crippen LogP contribution in [0, 0.1) is 0 Å². The van der Waals surface area contributed by atoms with Crippen molar-refractivity contribution >= 4 is 23.8 Å². The van der Waals surface area contributed by atoms with Gasteiger partial charge in [-0.25, -0.2) is 4.98 Å². The number of benzene rings is 2. The summed E-state index contributed by atoms with van der Waals surface area (Å²) < 4.78 is 0. The highest BCUT2D eigenvalue weighted by Gasteiger charge is 2.08. The van der Waals surface area contributed by atoms with E-state index in [9.17, 15) is 5.11 Å². The van der Waals surface area contributed by atoms with Gasteiger partial charge in [0.05, 0.1) is 5.56 Å². The second-order valence-corrected chi connectivity index (χ2v) is 4.82. The summed E-state index contributed by atoms with van der Waals surface area (Å²) in [4.78, 5) is 4.33. The molecule has 5 heteroatoms. The molecule has 0 unspecified atom stereocenters. The quantitative estimate of drug-likeness (QED) is 0.768. The summed E-state index contributed by atoms with van der Waals surface area (Å²) in [7, 11) is 0. The molecule has 2 N–H and O–H groups in total. The molecule has 0 aliphatic heterocycles. The number of phenolic OH excluding ortho intramolecular Hbond substituents is 1. The van der Waals surface area contributed by atoms with E-state index in [1.54, 1.807) is 24.3 Å². The molecule has 0 spiro atoms. The molecule has 0 radical (unpaired) electrons. The fraction of sp³-hybridized carbons (Fsp3) is 0. The first-order valence-electron chi connectivity index (χ1n) is 6.37. The molecule has 0 bridgehead atoms. The molecule has 3 aromatic rings. The lowest BCUT2D eigenvalue weighted by Crippen LogP contribution is -1.81. The zero-order chi connectivity index (χ0) is 14.7. The fourth-order valence-electron chi connectivity index (χ4n) is 1.91. The Hall–Kier alpha value is -2.59. The highest BCUT2D eigenvalue weighted by molar-refractivity contribution is 6.32. The summed E-state index contributed by atoms with van der Waals surface area (Å²) in [5.41, 5.74) is 1.49. The van der Waals surface area contributed by atoms with Crippen LogP contribution in [0.5, 0.6) is 5.75 Å². The van der Waals surface area contributed by atoms with Gasteiger partial charge in [-0.15, -0.1) is 0 Å². The highest BCUT2D eigenvalue weighted by atomic mass is 35.5. The van der Waals surface area contributed by atoms with Crippen molar-refractivity contribution in [3.8, 4) is 17.1 Å². The van der Waals surface area contributed by atoms with Gasteiger partial charge in [0.15, 0.2) is 5.82 Å². The van der Waals surface area contributed by atoms with Crippen molar-refractivity contribution < 1.29 is 5.11 Å².